The average Bonchev–Trinajstić information content (AvgIpc) is 3.26. The van der Waals surface area contributed by atoms with E-state index in [2.05, 4.69) is 44.5 Å². The fourth-order valence-electron chi connectivity index (χ4n) is 4.62. The van der Waals surface area contributed by atoms with Gasteiger partial charge in [-0.2, -0.15) is 0 Å². The minimum Gasteiger partial charge on any atom is -0.437 e. The minimum absolute atomic E-state index is 0.220. The molecule has 3 heterocycles. The molecule has 1 unspecified atom stereocenters. The Bertz CT molecular complexity index is 1160. The number of aliphatic hydroxyl groups excluding tert-OH is 1. The van der Waals surface area contributed by atoms with Gasteiger partial charge < -0.3 is 14.8 Å². The second-order valence-electron chi connectivity index (χ2n) is 8.24. The van der Waals surface area contributed by atoms with Gasteiger partial charge >= 0.3 is 0 Å². The standard InChI is InChI=1S/C26H28N4O2/c31-17-21-13-7-8-15-30(21)16-14-27-25-23-22(19-9-3-1-4-10-19)24(20-11-5-2-6-12-20)32-26(23)29-18-28-25/h1-6,9-12,18,21,31H,7-8,13-17H2,(H,27,28,29). The van der Waals surface area contributed by atoms with E-state index in [1.165, 1.54) is 12.8 Å². The Labute approximate surface area is 187 Å². The SMILES string of the molecule is OCC1CCCCN1CCNc1ncnc2oc(-c3ccccc3)c(-c3ccccc3)c12. The van der Waals surface area contributed by atoms with Crippen molar-refractivity contribution in [3.8, 4) is 22.5 Å². The summed E-state index contributed by atoms with van der Waals surface area (Å²) in [6, 6.07) is 20.6. The summed E-state index contributed by atoms with van der Waals surface area (Å²) < 4.78 is 6.28. The van der Waals surface area contributed by atoms with Crippen molar-refractivity contribution < 1.29 is 9.52 Å². The van der Waals surface area contributed by atoms with E-state index in [0.717, 1.165) is 59.7 Å². The number of aliphatic hydroxyl groups is 1. The zero-order valence-corrected chi connectivity index (χ0v) is 18.1. The van der Waals surface area contributed by atoms with Crippen LogP contribution in [0.25, 0.3) is 33.6 Å². The van der Waals surface area contributed by atoms with Gasteiger partial charge in [0.1, 0.15) is 17.9 Å². The second kappa shape index (κ2) is 9.51. The molecule has 0 spiro atoms. The number of rotatable bonds is 7. The summed E-state index contributed by atoms with van der Waals surface area (Å²) in [5.74, 6) is 1.57. The van der Waals surface area contributed by atoms with Gasteiger partial charge in [-0.05, 0) is 24.9 Å². The van der Waals surface area contributed by atoms with Crippen molar-refractivity contribution in [1.82, 2.24) is 14.9 Å². The molecule has 6 heteroatoms. The second-order valence-corrected chi connectivity index (χ2v) is 8.24. The number of likely N-dealkylation sites (tertiary alicyclic amines) is 1. The lowest BCUT2D eigenvalue weighted by atomic mass is 9.99. The molecule has 0 saturated carbocycles. The number of anilines is 1. The highest BCUT2D eigenvalue weighted by Crippen LogP contribution is 2.42. The van der Waals surface area contributed by atoms with Crippen LogP contribution < -0.4 is 5.32 Å². The molecule has 6 nitrogen and oxygen atoms in total. The predicted molar refractivity (Wildman–Crippen MR) is 127 cm³/mol. The monoisotopic (exact) mass is 428 g/mol. The zero-order valence-electron chi connectivity index (χ0n) is 18.1. The molecular formula is C26H28N4O2. The van der Waals surface area contributed by atoms with Gasteiger partial charge in [-0.1, -0.05) is 67.1 Å². The maximum atomic E-state index is 9.70. The number of nitrogens with zero attached hydrogens (tertiary/aromatic N) is 3. The fourth-order valence-corrected chi connectivity index (χ4v) is 4.62. The lowest BCUT2D eigenvalue weighted by molar-refractivity contribution is 0.0940. The normalized spacial score (nSPS) is 17.0. The Balaban J connectivity index is 1.51. The molecule has 1 aliphatic heterocycles. The van der Waals surface area contributed by atoms with E-state index >= 15 is 0 Å². The first kappa shape index (κ1) is 20.7. The van der Waals surface area contributed by atoms with Crippen molar-refractivity contribution in [1.29, 1.82) is 0 Å². The molecular weight excluding hydrogens is 400 g/mol. The van der Waals surface area contributed by atoms with Crippen LogP contribution in [0.3, 0.4) is 0 Å². The number of hydrogen-bond acceptors (Lipinski definition) is 6. The number of benzene rings is 2. The highest BCUT2D eigenvalue weighted by atomic mass is 16.3. The molecule has 2 aromatic carbocycles. The Morgan fingerprint density at radius 2 is 1.72 bits per heavy atom. The topological polar surface area (TPSA) is 74.4 Å². The van der Waals surface area contributed by atoms with E-state index in [1.54, 1.807) is 6.33 Å². The highest BCUT2D eigenvalue weighted by molar-refractivity contribution is 6.05. The van der Waals surface area contributed by atoms with Gasteiger partial charge in [-0.25, -0.2) is 9.97 Å². The van der Waals surface area contributed by atoms with Gasteiger partial charge in [0.05, 0.1) is 12.0 Å². The molecule has 2 N–H and O–H groups in total. The Hall–Kier alpha value is -3.22. The maximum absolute atomic E-state index is 9.70. The Kier molecular flexibility index (Phi) is 6.14. The van der Waals surface area contributed by atoms with Gasteiger partial charge in [-0.3, -0.25) is 4.90 Å². The molecule has 1 atom stereocenters. The molecule has 1 aliphatic rings. The van der Waals surface area contributed by atoms with Crippen molar-refractivity contribution in [3.05, 3.63) is 67.0 Å². The van der Waals surface area contributed by atoms with E-state index in [0.29, 0.717) is 5.71 Å². The van der Waals surface area contributed by atoms with Crippen molar-refractivity contribution in [2.75, 3.05) is 31.6 Å². The van der Waals surface area contributed by atoms with Crippen molar-refractivity contribution in [2.24, 2.45) is 0 Å². The largest absolute Gasteiger partial charge is 0.437 e. The third-order valence-electron chi connectivity index (χ3n) is 6.24. The van der Waals surface area contributed by atoms with Crippen LogP contribution in [0.15, 0.2) is 71.4 Å². The van der Waals surface area contributed by atoms with Crippen LogP contribution >= 0.6 is 0 Å². The minimum atomic E-state index is 0.220. The molecule has 1 fully saturated rings. The average molecular weight is 429 g/mol. The summed E-state index contributed by atoms with van der Waals surface area (Å²) in [6.07, 6.45) is 5.00. The van der Waals surface area contributed by atoms with Gasteiger partial charge in [0.25, 0.3) is 0 Å². The van der Waals surface area contributed by atoms with Crippen molar-refractivity contribution in [3.63, 3.8) is 0 Å². The maximum Gasteiger partial charge on any atom is 0.232 e. The number of fused-ring (bicyclic) bond motifs is 1. The number of hydrogen-bond donors (Lipinski definition) is 2. The third-order valence-corrected chi connectivity index (χ3v) is 6.24. The van der Waals surface area contributed by atoms with E-state index in [1.807, 2.05) is 36.4 Å². The van der Waals surface area contributed by atoms with Crippen LogP contribution in [-0.4, -0.2) is 52.3 Å². The van der Waals surface area contributed by atoms with Crippen LogP contribution in [0.1, 0.15) is 19.3 Å². The van der Waals surface area contributed by atoms with Crippen LogP contribution in [-0.2, 0) is 0 Å². The first-order chi connectivity index (χ1) is 15.8. The summed E-state index contributed by atoms with van der Waals surface area (Å²) in [5, 5.41) is 14.1. The number of nitrogens with one attached hydrogen (secondary N) is 1. The molecule has 2 aromatic heterocycles. The summed E-state index contributed by atoms with van der Waals surface area (Å²) in [5.41, 5.74) is 3.65. The number of piperidine rings is 1. The highest BCUT2D eigenvalue weighted by Gasteiger charge is 2.23. The Morgan fingerprint density at radius 1 is 0.969 bits per heavy atom. The smallest absolute Gasteiger partial charge is 0.232 e. The van der Waals surface area contributed by atoms with Gasteiger partial charge in [-0.15, -0.1) is 0 Å². The quantitative estimate of drug-likeness (QED) is 0.440. The van der Waals surface area contributed by atoms with Crippen LogP contribution in [0, 0.1) is 0 Å². The van der Waals surface area contributed by atoms with Gasteiger partial charge in [0.2, 0.25) is 5.71 Å². The molecule has 0 aliphatic carbocycles. The molecule has 0 amide bonds. The number of aromatic nitrogens is 2. The Morgan fingerprint density at radius 3 is 2.47 bits per heavy atom. The lowest BCUT2D eigenvalue weighted by Crippen LogP contribution is -2.44. The first-order valence-electron chi connectivity index (χ1n) is 11.3. The molecule has 5 rings (SSSR count). The molecule has 4 aromatic rings. The summed E-state index contributed by atoms with van der Waals surface area (Å²) in [7, 11) is 0. The molecule has 32 heavy (non-hydrogen) atoms. The van der Waals surface area contributed by atoms with Gasteiger partial charge in [0.15, 0.2) is 0 Å². The third kappa shape index (κ3) is 4.11. The van der Waals surface area contributed by atoms with Crippen molar-refractivity contribution in [2.45, 2.75) is 25.3 Å². The van der Waals surface area contributed by atoms with Crippen LogP contribution in [0.2, 0.25) is 0 Å². The van der Waals surface area contributed by atoms with Crippen molar-refractivity contribution >= 4 is 16.9 Å². The van der Waals surface area contributed by atoms with Gasteiger partial charge in [0, 0.05) is 30.3 Å². The number of furan rings is 1. The van der Waals surface area contributed by atoms with Crippen LogP contribution in [0.5, 0.6) is 0 Å². The van der Waals surface area contributed by atoms with E-state index in [4.69, 9.17) is 4.42 Å². The summed E-state index contributed by atoms with van der Waals surface area (Å²) in [6.45, 7) is 2.85. The fraction of sp³-hybridized carbons (Fsp3) is 0.308. The predicted octanol–water partition coefficient (Wildman–Crippen LogP) is 4.82. The first-order valence-corrected chi connectivity index (χ1v) is 11.3. The van der Waals surface area contributed by atoms with E-state index in [-0.39, 0.29) is 12.6 Å². The zero-order chi connectivity index (χ0) is 21.8. The van der Waals surface area contributed by atoms with E-state index < -0.39 is 0 Å². The van der Waals surface area contributed by atoms with Crippen LogP contribution in [0.4, 0.5) is 5.82 Å². The summed E-state index contributed by atoms with van der Waals surface area (Å²) >= 11 is 0. The van der Waals surface area contributed by atoms with E-state index in [9.17, 15) is 5.11 Å². The molecule has 1 saturated heterocycles. The molecule has 0 bridgehead atoms. The summed E-state index contributed by atoms with van der Waals surface area (Å²) in [4.78, 5) is 11.4. The molecule has 164 valence electrons. The molecule has 0 radical (unpaired) electrons. The lowest BCUT2D eigenvalue weighted by Gasteiger charge is -2.34.